The fourth-order valence-electron chi connectivity index (χ4n) is 1.61. The number of nitrogens with one attached hydrogen (secondary N) is 2. The first kappa shape index (κ1) is 17.5. The summed E-state index contributed by atoms with van der Waals surface area (Å²) >= 11 is 0. The van der Waals surface area contributed by atoms with Gasteiger partial charge in [-0.1, -0.05) is 26.7 Å². The van der Waals surface area contributed by atoms with Crippen molar-refractivity contribution in [1.29, 1.82) is 0 Å². The van der Waals surface area contributed by atoms with Crippen LogP contribution >= 0.6 is 0 Å². The van der Waals surface area contributed by atoms with E-state index in [1.54, 1.807) is 13.8 Å². The van der Waals surface area contributed by atoms with E-state index in [-0.39, 0.29) is 12.5 Å². The molecule has 0 radical (unpaired) electrons. The van der Waals surface area contributed by atoms with E-state index >= 15 is 0 Å². The highest BCUT2D eigenvalue weighted by molar-refractivity contribution is 5.82. The summed E-state index contributed by atoms with van der Waals surface area (Å²) in [6.45, 7) is 7.05. The molecule has 108 valence electrons. The molecule has 19 heavy (non-hydrogen) atoms. The van der Waals surface area contributed by atoms with Gasteiger partial charge in [-0.15, -0.1) is 6.42 Å². The minimum atomic E-state index is -1.10. The molecule has 0 heterocycles. The molecule has 1 atom stereocenters. The second kappa shape index (κ2) is 7.15. The molecule has 0 bridgehead atoms. The van der Waals surface area contributed by atoms with E-state index in [1.165, 1.54) is 0 Å². The van der Waals surface area contributed by atoms with E-state index < -0.39 is 17.0 Å². The molecule has 3 N–H and O–H groups in total. The minimum absolute atomic E-state index is 0.0694. The van der Waals surface area contributed by atoms with Crippen LogP contribution in [0.25, 0.3) is 0 Å². The first-order valence-electron chi connectivity index (χ1n) is 6.56. The van der Waals surface area contributed by atoms with Crippen LogP contribution in [0.5, 0.6) is 0 Å². The molecule has 0 fully saturated rings. The summed E-state index contributed by atoms with van der Waals surface area (Å²) in [7, 11) is 0. The quantitative estimate of drug-likeness (QED) is 0.577. The molecule has 0 aliphatic rings. The Morgan fingerprint density at radius 1 is 1.21 bits per heavy atom. The predicted octanol–water partition coefficient (Wildman–Crippen LogP) is 1.14. The van der Waals surface area contributed by atoms with Gasteiger partial charge in [-0.3, -0.25) is 14.9 Å². The molecule has 0 saturated heterocycles. The highest BCUT2D eigenvalue weighted by atomic mass is 16.4. The van der Waals surface area contributed by atoms with Gasteiger partial charge in [-0.25, -0.2) is 0 Å². The summed E-state index contributed by atoms with van der Waals surface area (Å²) in [4.78, 5) is 23.0. The number of carbonyl (C=O) groups excluding carboxylic acids is 1. The maximum atomic E-state index is 11.9. The number of hydrogen-bond donors (Lipinski definition) is 3. The van der Waals surface area contributed by atoms with Gasteiger partial charge in [0, 0.05) is 0 Å². The van der Waals surface area contributed by atoms with Crippen molar-refractivity contribution in [1.82, 2.24) is 10.6 Å². The molecule has 0 aromatic carbocycles. The predicted molar refractivity (Wildman–Crippen MR) is 74.6 cm³/mol. The molecular formula is C14H24N2O3. The molecule has 1 unspecified atom stereocenters. The van der Waals surface area contributed by atoms with Crippen molar-refractivity contribution < 1.29 is 14.7 Å². The lowest BCUT2D eigenvalue weighted by molar-refractivity contribution is -0.144. The summed E-state index contributed by atoms with van der Waals surface area (Å²) < 4.78 is 0. The summed E-state index contributed by atoms with van der Waals surface area (Å²) in [5.74, 6) is 1.34. The van der Waals surface area contributed by atoms with Gasteiger partial charge in [-0.05, 0) is 26.2 Å². The van der Waals surface area contributed by atoms with Crippen LogP contribution in [-0.2, 0) is 9.59 Å². The molecule has 0 aromatic heterocycles. The Bertz CT molecular complexity index is 369. The topological polar surface area (TPSA) is 78.4 Å². The minimum Gasteiger partial charge on any atom is -0.480 e. The highest BCUT2D eigenvalue weighted by Gasteiger charge is 2.32. The van der Waals surface area contributed by atoms with Crippen LogP contribution in [0.4, 0.5) is 0 Å². The van der Waals surface area contributed by atoms with E-state index in [4.69, 9.17) is 11.5 Å². The number of hydrogen-bond acceptors (Lipinski definition) is 3. The van der Waals surface area contributed by atoms with Crippen molar-refractivity contribution in [2.75, 3.05) is 6.54 Å². The molecule has 5 nitrogen and oxygen atoms in total. The van der Waals surface area contributed by atoms with Gasteiger partial charge in [0.25, 0.3) is 0 Å². The molecule has 0 aliphatic carbocycles. The smallest absolute Gasteiger partial charge is 0.323 e. The van der Waals surface area contributed by atoms with Gasteiger partial charge in [0.1, 0.15) is 11.1 Å². The summed E-state index contributed by atoms with van der Waals surface area (Å²) in [5, 5.41) is 14.6. The zero-order chi connectivity index (χ0) is 15.1. The third kappa shape index (κ3) is 4.56. The zero-order valence-corrected chi connectivity index (χ0v) is 12.2. The van der Waals surface area contributed by atoms with E-state index in [1.807, 2.05) is 13.8 Å². The number of carboxylic acids is 1. The van der Waals surface area contributed by atoms with Gasteiger partial charge >= 0.3 is 5.97 Å². The fourth-order valence-corrected chi connectivity index (χ4v) is 1.61. The van der Waals surface area contributed by atoms with Crippen LogP contribution < -0.4 is 10.6 Å². The average molecular weight is 268 g/mol. The Morgan fingerprint density at radius 2 is 1.74 bits per heavy atom. The van der Waals surface area contributed by atoms with Crippen molar-refractivity contribution in [3.8, 4) is 12.3 Å². The van der Waals surface area contributed by atoms with Crippen molar-refractivity contribution in [2.24, 2.45) is 0 Å². The second-order valence-corrected chi connectivity index (χ2v) is 4.83. The van der Waals surface area contributed by atoms with E-state index in [0.29, 0.717) is 19.3 Å². The van der Waals surface area contributed by atoms with Crippen LogP contribution in [0, 0.1) is 12.3 Å². The van der Waals surface area contributed by atoms with Crippen LogP contribution in [0.15, 0.2) is 0 Å². The monoisotopic (exact) mass is 268 g/mol. The van der Waals surface area contributed by atoms with Crippen molar-refractivity contribution in [2.45, 2.75) is 58.0 Å². The van der Waals surface area contributed by atoms with Gasteiger partial charge in [0.15, 0.2) is 0 Å². The Kier molecular flexibility index (Phi) is 6.57. The third-order valence-electron chi connectivity index (χ3n) is 3.68. The number of amides is 1. The van der Waals surface area contributed by atoms with Gasteiger partial charge < -0.3 is 10.4 Å². The third-order valence-corrected chi connectivity index (χ3v) is 3.68. The lowest BCUT2D eigenvalue weighted by Gasteiger charge is -2.29. The Labute approximate surface area is 115 Å². The van der Waals surface area contributed by atoms with Crippen LogP contribution in [0.1, 0.15) is 47.0 Å². The molecular weight excluding hydrogens is 244 g/mol. The van der Waals surface area contributed by atoms with E-state index in [9.17, 15) is 9.59 Å². The molecule has 0 saturated carbocycles. The summed E-state index contributed by atoms with van der Waals surface area (Å²) in [6, 6.07) is 0. The molecule has 0 aromatic rings. The van der Waals surface area contributed by atoms with Crippen LogP contribution in [0.2, 0.25) is 0 Å². The first-order chi connectivity index (χ1) is 8.79. The van der Waals surface area contributed by atoms with Crippen molar-refractivity contribution in [3.63, 3.8) is 0 Å². The summed E-state index contributed by atoms with van der Waals surface area (Å²) in [6.07, 6.45) is 7.11. The first-order valence-corrected chi connectivity index (χ1v) is 6.56. The van der Waals surface area contributed by atoms with E-state index in [0.717, 1.165) is 0 Å². The largest absolute Gasteiger partial charge is 0.480 e. The average Bonchev–Trinajstić information content (AvgIpc) is 2.42. The lowest BCUT2D eigenvalue weighted by atomic mass is 9.94. The Balaban J connectivity index is 4.57. The number of rotatable bonds is 8. The Morgan fingerprint density at radius 3 is 2.05 bits per heavy atom. The molecule has 0 spiro atoms. The molecule has 1 amide bonds. The number of aliphatic carboxylic acids is 1. The molecule has 0 aliphatic heterocycles. The lowest BCUT2D eigenvalue weighted by Crippen LogP contribution is -2.55. The highest BCUT2D eigenvalue weighted by Crippen LogP contribution is 2.13. The van der Waals surface area contributed by atoms with Crippen molar-refractivity contribution >= 4 is 11.9 Å². The molecule has 5 heteroatoms. The van der Waals surface area contributed by atoms with Crippen LogP contribution in [0.3, 0.4) is 0 Å². The second-order valence-electron chi connectivity index (χ2n) is 4.83. The SMILES string of the molecule is C#CC(CC)(CC)NC(=O)CNC(C)(CC)C(=O)O. The normalized spacial score (nSPS) is 14.3. The fraction of sp³-hybridized carbons (Fsp3) is 0.714. The van der Waals surface area contributed by atoms with Crippen LogP contribution in [-0.4, -0.2) is 34.6 Å². The zero-order valence-electron chi connectivity index (χ0n) is 12.2. The van der Waals surface area contributed by atoms with Crippen molar-refractivity contribution in [3.05, 3.63) is 0 Å². The van der Waals surface area contributed by atoms with Gasteiger partial charge in [0.2, 0.25) is 5.91 Å². The Hall–Kier alpha value is -1.54. The number of carboxylic acid groups (broad SMARTS) is 1. The van der Waals surface area contributed by atoms with Gasteiger partial charge in [-0.2, -0.15) is 0 Å². The maximum Gasteiger partial charge on any atom is 0.323 e. The molecule has 0 rings (SSSR count). The standard InChI is InChI=1S/C14H24N2O3/c1-6-13(5,12(18)19)15-10-11(17)16-14(7-2,8-3)9-4/h2,15H,6,8-10H2,1,3-5H3,(H,16,17)(H,18,19). The summed E-state index contributed by atoms with van der Waals surface area (Å²) in [5.41, 5.74) is -1.75. The van der Waals surface area contributed by atoms with E-state index in [2.05, 4.69) is 16.6 Å². The number of carbonyl (C=O) groups is 2. The number of terminal acetylenes is 1. The van der Waals surface area contributed by atoms with Gasteiger partial charge in [0.05, 0.1) is 6.54 Å². The maximum absolute atomic E-state index is 11.9.